The van der Waals surface area contributed by atoms with E-state index in [-0.39, 0.29) is 5.15 Å². The van der Waals surface area contributed by atoms with E-state index in [1.807, 2.05) is 0 Å². The number of pyridine rings is 1. The smallest absolute Gasteiger partial charge is 0.181 e. The van der Waals surface area contributed by atoms with E-state index in [1.54, 1.807) is 0 Å². The zero-order valence-electron chi connectivity index (χ0n) is 4.57. The molecule has 0 atom stereocenters. The minimum atomic E-state index is 0.185. The molecule has 1 aromatic heterocycles. The van der Waals surface area contributed by atoms with Crippen molar-refractivity contribution in [3.63, 3.8) is 0 Å². The van der Waals surface area contributed by atoms with Crippen LogP contribution < -0.4 is 3.83 Å². The Balaban J connectivity index is 3.07. The summed E-state index contributed by atoms with van der Waals surface area (Å²) in [6, 6.07) is 4.12. The summed E-state index contributed by atoms with van der Waals surface area (Å²) in [6.45, 7) is 0. The molecule has 0 amide bonds. The molecule has 0 aromatic carbocycles. The van der Waals surface area contributed by atoms with Crippen LogP contribution in [-0.2, 0) is 0 Å². The van der Waals surface area contributed by atoms with Crippen LogP contribution in [0.15, 0.2) is 6.07 Å². The second kappa shape index (κ2) is 3.42. The third-order valence-corrected chi connectivity index (χ3v) is 1.57. The minimum absolute atomic E-state index is 0.185. The van der Waals surface area contributed by atoms with Crippen LogP contribution in [0.4, 0.5) is 0 Å². The number of halogens is 3. The van der Waals surface area contributed by atoms with Gasteiger partial charge in [-0.15, -0.1) is 0 Å². The lowest BCUT2D eigenvalue weighted by Gasteiger charge is -1.96. The quantitative estimate of drug-likeness (QED) is 0.706. The molecule has 2 nitrogen and oxygen atoms in total. The van der Waals surface area contributed by atoms with E-state index >= 15 is 0 Å². The third kappa shape index (κ3) is 1.75. The van der Waals surface area contributed by atoms with Gasteiger partial charge in [-0.2, -0.15) is 0 Å². The van der Waals surface area contributed by atoms with Gasteiger partial charge in [0.25, 0.3) is 0 Å². The second-order valence-electron chi connectivity index (χ2n) is 1.42. The first-order valence-corrected chi connectivity index (χ1v) is 3.66. The van der Waals surface area contributed by atoms with Crippen LogP contribution in [0.2, 0.25) is 10.3 Å². The minimum Gasteiger partial charge on any atom is -0.414 e. The van der Waals surface area contributed by atoms with Crippen LogP contribution in [-0.4, -0.2) is 4.98 Å². The van der Waals surface area contributed by atoms with Gasteiger partial charge in [-0.25, -0.2) is 4.98 Å². The predicted molar refractivity (Wildman–Crippen MR) is 42.6 cm³/mol. The van der Waals surface area contributed by atoms with E-state index in [0.717, 1.165) is 0 Å². The van der Waals surface area contributed by atoms with Crippen LogP contribution in [0.3, 0.4) is 0 Å². The third-order valence-electron chi connectivity index (χ3n) is 0.792. The molecule has 0 fully saturated rings. The number of aromatic nitrogens is 1. The first kappa shape index (κ1) is 8.11. The second-order valence-corrected chi connectivity index (χ2v) is 2.49. The Bertz CT molecular complexity index is 243. The van der Waals surface area contributed by atoms with E-state index in [1.165, 1.54) is 6.07 Å². The van der Waals surface area contributed by atoms with Crippen molar-refractivity contribution >= 4 is 39.5 Å². The van der Waals surface area contributed by atoms with Crippen molar-refractivity contribution in [1.29, 1.82) is 0 Å². The lowest BCUT2D eigenvalue weighted by atomic mass is 10.5. The number of nitrogens with zero attached hydrogens (tertiary/aromatic N) is 1. The normalized spacial score (nSPS) is 9.50. The average Bonchev–Trinajstić information content (AvgIpc) is 1.88. The van der Waals surface area contributed by atoms with Crippen LogP contribution in [0.5, 0.6) is 5.75 Å². The monoisotopic (exact) mass is 240 g/mol. The van der Waals surface area contributed by atoms with Gasteiger partial charge in [0.1, 0.15) is 5.15 Å². The Morgan fingerprint density at radius 2 is 2.30 bits per heavy atom. The molecule has 1 heterocycles. The van der Waals surface area contributed by atoms with Crippen molar-refractivity contribution in [2.75, 3.05) is 0 Å². The molecule has 0 spiro atoms. The predicted octanol–water partition coefficient (Wildman–Crippen LogP) is 2.88. The maximum Gasteiger partial charge on any atom is 0.181 e. The van der Waals surface area contributed by atoms with Gasteiger partial charge in [-0.05, 0) is 6.07 Å². The summed E-state index contributed by atoms with van der Waals surface area (Å²) >= 11 is 13.8. The Morgan fingerprint density at radius 3 is 2.80 bits per heavy atom. The molecule has 0 aliphatic heterocycles. The van der Waals surface area contributed by atoms with Crippen molar-refractivity contribution < 1.29 is 3.83 Å². The van der Waals surface area contributed by atoms with E-state index < -0.39 is 0 Å². The van der Waals surface area contributed by atoms with Gasteiger partial charge in [0.2, 0.25) is 0 Å². The van der Waals surface area contributed by atoms with Gasteiger partial charge in [0, 0.05) is 6.07 Å². The molecule has 1 rings (SSSR count). The zero-order chi connectivity index (χ0) is 7.56. The van der Waals surface area contributed by atoms with E-state index in [4.69, 9.17) is 23.2 Å². The van der Waals surface area contributed by atoms with Crippen LogP contribution in [0.25, 0.3) is 0 Å². The number of hydrogen-bond donors (Lipinski definition) is 0. The highest BCUT2D eigenvalue weighted by Crippen LogP contribution is 2.24. The summed E-state index contributed by atoms with van der Waals surface area (Å²) in [6.07, 6.45) is 0. The molecule has 0 saturated heterocycles. The molecule has 0 N–H and O–H groups in total. The molecular formula is C5HBrCl2NO. The first-order chi connectivity index (χ1) is 4.74. The molecule has 0 bridgehead atoms. The zero-order valence-corrected chi connectivity index (χ0v) is 7.66. The molecule has 10 heavy (non-hydrogen) atoms. The highest BCUT2D eigenvalue weighted by Gasteiger charge is 2.01. The van der Waals surface area contributed by atoms with Crippen molar-refractivity contribution in [3.05, 3.63) is 22.4 Å². The molecule has 0 aliphatic rings. The van der Waals surface area contributed by atoms with Gasteiger partial charge < -0.3 is 3.83 Å². The SMILES string of the molecule is Clc1c[c]c(OBr)c(Cl)n1. The molecule has 0 aliphatic carbocycles. The highest BCUT2D eigenvalue weighted by atomic mass is 79.9. The summed E-state index contributed by atoms with van der Waals surface area (Å²) < 4.78 is 4.60. The summed E-state index contributed by atoms with van der Waals surface area (Å²) in [5.74, 6) is 0.325. The maximum atomic E-state index is 5.55. The summed E-state index contributed by atoms with van der Waals surface area (Å²) in [4.78, 5) is 3.69. The Kier molecular flexibility index (Phi) is 2.77. The lowest BCUT2D eigenvalue weighted by Crippen LogP contribution is -1.81. The first-order valence-electron chi connectivity index (χ1n) is 2.26. The van der Waals surface area contributed by atoms with Gasteiger partial charge in [-0.3, -0.25) is 0 Å². The fourth-order valence-corrected chi connectivity index (χ4v) is 1.12. The molecule has 53 valence electrons. The maximum absolute atomic E-state index is 5.55. The molecule has 0 saturated carbocycles. The van der Waals surface area contributed by atoms with Crippen molar-refractivity contribution in [3.8, 4) is 5.75 Å². The van der Waals surface area contributed by atoms with Crippen LogP contribution in [0, 0.1) is 6.07 Å². The molecular weight excluding hydrogens is 241 g/mol. The van der Waals surface area contributed by atoms with Gasteiger partial charge in [0.15, 0.2) is 27.2 Å². The molecule has 5 heteroatoms. The van der Waals surface area contributed by atoms with Gasteiger partial charge in [-0.1, -0.05) is 23.2 Å². The van der Waals surface area contributed by atoms with Crippen molar-refractivity contribution in [2.45, 2.75) is 0 Å². The molecule has 1 aromatic rings. The average molecular weight is 242 g/mol. The van der Waals surface area contributed by atoms with Gasteiger partial charge in [0.05, 0.1) is 0 Å². The molecule has 0 unspecified atom stereocenters. The van der Waals surface area contributed by atoms with Gasteiger partial charge >= 0.3 is 0 Å². The van der Waals surface area contributed by atoms with E-state index in [9.17, 15) is 0 Å². The van der Waals surface area contributed by atoms with E-state index in [2.05, 4.69) is 31.1 Å². The Morgan fingerprint density at radius 1 is 1.60 bits per heavy atom. The fraction of sp³-hybridized carbons (Fsp3) is 0. The highest BCUT2D eigenvalue weighted by molar-refractivity contribution is 9.06. The topological polar surface area (TPSA) is 22.1 Å². The molecule has 1 radical (unpaired) electrons. The Labute approximate surface area is 76.6 Å². The summed E-state index contributed by atoms with van der Waals surface area (Å²) in [7, 11) is 0. The van der Waals surface area contributed by atoms with Crippen LogP contribution >= 0.6 is 39.5 Å². The Hall–Kier alpha value is 0.01000. The number of hydrogen-bond acceptors (Lipinski definition) is 2. The fourth-order valence-electron chi connectivity index (χ4n) is 0.416. The van der Waals surface area contributed by atoms with Crippen molar-refractivity contribution in [1.82, 2.24) is 4.98 Å². The summed E-state index contributed by atoms with van der Waals surface area (Å²) in [5, 5.41) is 0.475. The van der Waals surface area contributed by atoms with E-state index in [0.29, 0.717) is 10.9 Å². The summed E-state index contributed by atoms with van der Waals surface area (Å²) in [5.41, 5.74) is 0. The largest absolute Gasteiger partial charge is 0.414 e. The number of rotatable bonds is 1. The van der Waals surface area contributed by atoms with Crippen LogP contribution in [0.1, 0.15) is 0 Å². The lowest BCUT2D eigenvalue weighted by molar-refractivity contribution is 0.672. The standard InChI is InChI=1S/C5HBrCl2NO/c6-10-3-1-2-4(7)9-5(3)8/h2H. The van der Waals surface area contributed by atoms with Crippen molar-refractivity contribution in [2.24, 2.45) is 0 Å².